The van der Waals surface area contributed by atoms with Crippen molar-refractivity contribution in [2.75, 3.05) is 33.4 Å². The van der Waals surface area contributed by atoms with Crippen molar-refractivity contribution >= 4 is 29.9 Å². The Morgan fingerprint density at radius 3 is 2.65 bits per heavy atom. The van der Waals surface area contributed by atoms with Gasteiger partial charge in [-0.3, -0.25) is 0 Å². The van der Waals surface area contributed by atoms with Crippen molar-refractivity contribution in [2.45, 2.75) is 26.8 Å². The number of methoxy groups -OCH3 is 1. The molecule has 0 radical (unpaired) electrons. The van der Waals surface area contributed by atoms with Crippen molar-refractivity contribution in [3.05, 3.63) is 29.6 Å². The van der Waals surface area contributed by atoms with Crippen LogP contribution in [0.25, 0.3) is 0 Å². The summed E-state index contributed by atoms with van der Waals surface area (Å²) < 4.78 is 24.0. The summed E-state index contributed by atoms with van der Waals surface area (Å²) in [4.78, 5) is 4.44. The minimum atomic E-state index is -0.354. The van der Waals surface area contributed by atoms with E-state index in [0.29, 0.717) is 25.7 Å². The number of nitrogens with zero attached hydrogens (tertiary/aromatic N) is 1. The molecule has 0 saturated heterocycles. The summed E-state index contributed by atoms with van der Waals surface area (Å²) in [6.07, 6.45) is 0.901. The second-order valence-corrected chi connectivity index (χ2v) is 4.67. The van der Waals surface area contributed by atoms with Crippen molar-refractivity contribution in [1.82, 2.24) is 10.6 Å². The summed E-state index contributed by atoms with van der Waals surface area (Å²) in [5.41, 5.74) is 0.801. The third kappa shape index (κ3) is 8.95. The van der Waals surface area contributed by atoms with Gasteiger partial charge >= 0.3 is 0 Å². The molecule has 0 aliphatic heterocycles. The van der Waals surface area contributed by atoms with Gasteiger partial charge in [0, 0.05) is 26.8 Å². The van der Waals surface area contributed by atoms with Crippen LogP contribution in [0, 0.1) is 5.82 Å². The fourth-order valence-corrected chi connectivity index (χ4v) is 1.85. The van der Waals surface area contributed by atoms with Gasteiger partial charge in [0.15, 0.2) is 17.5 Å². The van der Waals surface area contributed by atoms with E-state index in [2.05, 4.69) is 15.6 Å². The lowest BCUT2D eigenvalue weighted by Crippen LogP contribution is -2.38. The fourth-order valence-electron chi connectivity index (χ4n) is 1.85. The molecule has 0 spiro atoms. The molecule has 7 heteroatoms. The first-order valence-corrected chi connectivity index (χ1v) is 7.63. The summed E-state index contributed by atoms with van der Waals surface area (Å²) in [5.74, 6) is 0.639. The van der Waals surface area contributed by atoms with Crippen molar-refractivity contribution < 1.29 is 13.9 Å². The van der Waals surface area contributed by atoms with E-state index in [1.165, 1.54) is 6.07 Å². The number of aliphatic imine (C=N–C) groups is 1. The number of guanidine groups is 1. The topological polar surface area (TPSA) is 54.9 Å². The van der Waals surface area contributed by atoms with Crippen LogP contribution >= 0.6 is 24.0 Å². The molecule has 1 aromatic carbocycles. The molecule has 2 N–H and O–H groups in total. The molecule has 0 saturated carbocycles. The molecule has 0 aromatic heterocycles. The first kappa shape index (κ1) is 21.9. The molecule has 1 aromatic rings. The van der Waals surface area contributed by atoms with Gasteiger partial charge in [0.2, 0.25) is 0 Å². The molecule has 0 heterocycles. The van der Waals surface area contributed by atoms with Crippen molar-refractivity contribution in [3.63, 3.8) is 0 Å². The molecular weight excluding hydrogens is 412 g/mol. The number of hydrogen-bond acceptors (Lipinski definition) is 3. The van der Waals surface area contributed by atoms with Gasteiger partial charge in [-0.05, 0) is 38.0 Å². The summed E-state index contributed by atoms with van der Waals surface area (Å²) in [6.45, 7) is 6.94. The van der Waals surface area contributed by atoms with E-state index in [-0.39, 0.29) is 35.5 Å². The lowest BCUT2D eigenvalue weighted by atomic mass is 10.2. The fraction of sp³-hybridized carbons (Fsp3) is 0.562. The zero-order chi connectivity index (χ0) is 16.2. The lowest BCUT2D eigenvalue weighted by Gasteiger charge is -2.11. The van der Waals surface area contributed by atoms with E-state index in [4.69, 9.17) is 9.47 Å². The summed E-state index contributed by atoms with van der Waals surface area (Å²) in [5, 5.41) is 6.37. The maximum absolute atomic E-state index is 13.8. The van der Waals surface area contributed by atoms with Gasteiger partial charge in [-0.15, -0.1) is 24.0 Å². The van der Waals surface area contributed by atoms with Crippen LogP contribution in [0.15, 0.2) is 23.2 Å². The molecule has 0 unspecified atom stereocenters. The number of benzene rings is 1. The summed E-state index contributed by atoms with van der Waals surface area (Å²) in [6, 6.07) is 4.93. The van der Waals surface area contributed by atoms with E-state index in [9.17, 15) is 4.39 Å². The minimum Gasteiger partial charge on any atom is -0.491 e. The normalized spacial score (nSPS) is 10.9. The van der Waals surface area contributed by atoms with Crippen LogP contribution in [0.3, 0.4) is 0 Å². The molecule has 0 aliphatic rings. The first-order valence-electron chi connectivity index (χ1n) is 7.63. The number of hydrogen-bond donors (Lipinski definition) is 2. The van der Waals surface area contributed by atoms with Crippen molar-refractivity contribution in [3.8, 4) is 5.75 Å². The van der Waals surface area contributed by atoms with Gasteiger partial charge in [-0.2, -0.15) is 0 Å². The highest BCUT2D eigenvalue weighted by molar-refractivity contribution is 14.0. The maximum atomic E-state index is 13.8. The molecule has 0 aliphatic carbocycles. The minimum absolute atomic E-state index is 0. The Balaban J connectivity index is 0.00000484. The zero-order valence-electron chi connectivity index (χ0n) is 14.0. The van der Waals surface area contributed by atoms with Crippen molar-refractivity contribution in [2.24, 2.45) is 4.99 Å². The van der Waals surface area contributed by atoms with Gasteiger partial charge < -0.3 is 20.1 Å². The molecular formula is C16H27FIN3O2. The van der Waals surface area contributed by atoms with Crippen LogP contribution in [0.5, 0.6) is 5.75 Å². The Morgan fingerprint density at radius 2 is 2.04 bits per heavy atom. The maximum Gasteiger partial charge on any atom is 0.191 e. The number of rotatable bonds is 9. The van der Waals surface area contributed by atoms with Crippen molar-refractivity contribution in [1.29, 1.82) is 0 Å². The Kier molecular flexibility index (Phi) is 12.7. The first-order chi connectivity index (χ1) is 10.7. The summed E-state index contributed by atoms with van der Waals surface area (Å²) in [7, 11) is 1.68. The predicted octanol–water partition coefficient (Wildman–Crippen LogP) is 2.93. The lowest BCUT2D eigenvalue weighted by molar-refractivity contribution is 0.195. The van der Waals surface area contributed by atoms with Gasteiger partial charge in [-0.1, -0.05) is 6.07 Å². The van der Waals surface area contributed by atoms with E-state index in [1.807, 2.05) is 19.9 Å². The second-order valence-electron chi connectivity index (χ2n) is 4.67. The molecule has 5 nitrogen and oxygen atoms in total. The molecule has 0 atom stereocenters. The Labute approximate surface area is 155 Å². The highest BCUT2D eigenvalue weighted by Gasteiger charge is 2.04. The van der Waals surface area contributed by atoms with Gasteiger partial charge in [-0.25, -0.2) is 9.38 Å². The second kappa shape index (κ2) is 13.4. The quantitative estimate of drug-likeness (QED) is 0.269. The highest BCUT2D eigenvalue weighted by atomic mass is 127. The predicted molar refractivity (Wildman–Crippen MR) is 102 cm³/mol. The average molecular weight is 439 g/mol. The molecule has 0 bridgehead atoms. The third-order valence-corrected chi connectivity index (χ3v) is 2.88. The highest BCUT2D eigenvalue weighted by Crippen LogP contribution is 2.18. The standard InChI is InChI=1S/C16H26FN3O2.HI/c1-4-18-16(19-9-6-10-21-3)20-12-13-7-8-15(22-5-2)14(17)11-13;/h7-8,11H,4-6,9-10,12H2,1-3H3,(H2,18,19,20);1H. The van der Waals surface area contributed by atoms with Gasteiger partial charge in [0.25, 0.3) is 0 Å². The third-order valence-electron chi connectivity index (χ3n) is 2.88. The van der Waals surface area contributed by atoms with E-state index in [0.717, 1.165) is 25.1 Å². The summed E-state index contributed by atoms with van der Waals surface area (Å²) >= 11 is 0. The monoisotopic (exact) mass is 439 g/mol. The average Bonchev–Trinajstić information content (AvgIpc) is 2.51. The molecule has 0 amide bonds. The van der Waals surface area contributed by atoms with Crippen LogP contribution in [-0.4, -0.2) is 39.4 Å². The van der Waals surface area contributed by atoms with Gasteiger partial charge in [0.05, 0.1) is 13.2 Å². The molecule has 0 fully saturated rings. The Bertz CT molecular complexity index is 473. The van der Waals surface area contributed by atoms with E-state index in [1.54, 1.807) is 13.2 Å². The smallest absolute Gasteiger partial charge is 0.191 e. The van der Waals surface area contributed by atoms with Crippen LogP contribution in [0.1, 0.15) is 25.8 Å². The Morgan fingerprint density at radius 1 is 1.26 bits per heavy atom. The van der Waals surface area contributed by atoms with Crippen LogP contribution in [0.4, 0.5) is 4.39 Å². The van der Waals surface area contributed by atoms with E-state index < -0.39 is 0 Å². The largest absolute Gasteiger partial charge is 0.491 e. The Hall–Kier alpha value is -1.09. The van der Waals surface area contributed by atoms with Gasteiger partial charge in [0.1, 0.15) is 0 Å². The van der Waals surface area contributed by atoms with Crippen LogP contribution in [0.2, 0.25) is 0 Å². The van der Waals surface area contributed by atoms with Crippen LogP contribution < -0.4 is 15.4 Å². The van der Waals surface area contributed by atoms with E-state index >= 15 is 0 Å². The zero-order valence-corrected chi connectivity index (χ0v) is 16.4. The number of nitrogens with one attached hydrogen (secondary N) is 2. The number of halogens is 2. The molecule has 23 heavy (non-hydrogen) atoms. The number of ether oxygens (including phenoxy) is 2. The van der Waals surface area contributed by atoms with Crippen LogP contribution in [-0.2, 0) is 11.3 Å². The SMILES string of the molecule is CCNC(=NCc1ccc(OCC)c(F)c1)NCCCOC.I. The molecule has 132 valence electrons. The molecule has 1 rings (SSSR count).